The van der Waals surface area contributed by atoms with Crippen LogP contribution >= 0.6 is 11.8 Å². The summed E-state index contributed by atoms with van der Waals surface area (Å²) < 4.78 is 12.2. The van der Waals surface area contributed by atoms with Crippen molar-refractivity contribution < 1.29 is 19.1 Å². The number of nitrogens with one attached hydrogen (secondary N) is 1. The Hall–Kier alpha value is -2.67. The SMILES string of the molecule is O=C(CCC(=O)N1CCSc2ccccc21)Nc1ccc2c(c1)OC1(CCCCC1)O2. The highest BCUT2D eigenvalue weighted by Crippen LogP contribution is 2.46. The second-order valence-corrected chi connectivity index (χ2v) is 9.38. The summed E-state index contributed by atoms with van der Waals surface area (Å²) in [5.41, 5.74) is 1.60. The van der Waals surface area contributed by atoms with E-state index in [2.05, 4.69) is 5.32 Å². The van der Waals surface area contributed by atoms with E-state index in [1.165, 1.54) is 6.42 Å². The number of benzene rings is 2. The fourth-order valence-corrected chi connectivity index (χ4v) is 5.47. The predicted molar refractivity (Wildman–Crippen MR) is 121 cm³/mol. The third-order valence-electron chi connectivity index (χ3n) is 6.03. The summed E-state index contributed by atoms with van der Waals surface area (Å²) in [5.74, 6) is 1.55. The number of hydrogen-bond donors (Lipinski definition) is 1. The quantitative estimate of drug-likeness (QED) is 0.730. The second kappa shape index (κ2) is 8.46. The number of nitrogens with zero attached hydrogens (tertiary/aromatic N) is 1. The van der Waals surface area contributed by atoms with Crippen molar-refractivity contribution in [3.05, 3.63) is 42.5 Å². The molecule has 2 aliphatic heterocycles. The van der Waals surface area contributed by atoms with Crippen molar-refractivity contribution in [1.82, 2.24) is 0 Å². The minimum atomic E-state index is -0.529. The van der Waals surface area contributed by atoms with Gasteiger partial charge >= 0.3 is 0 Å². The lowest BCUT2D eigenvalue weighted by Gasteiger charge is -2.31. The van der Waals surface area contributed by atoms with E-state index < -0.39 is 5.79 Å². The molecule has 2 amide bonds. The lowest BCUT2D eigenvalue weighted by molar-refractivity contribution is -0.122. The van der Waals surface area contributed by atoms with Gasteiger partial charge in [-0.3, -0.25) is 9.59 Å². The van der Waals surface area contributed by atoms with Gasteiger partial charge in [-0.1, -0.05) is 18.6 Å². The Morgan fingerprint density at radius 3 is 2.68 bits per heavy atom. The molecule has 5 rings (SSSR count). The number of ether oxygens (including phenoxy) is 2. The lowest BCUT2D eigenvalue weighted by atomic mass is 9.94. The van der Waals surface area contributed by atoms with Gasteiger partial charge in [0, 0.05) is 54.6 Å². The van der Waals surface area contributed by atoms with Gasteiger partial charge < -0.3 is 19.7 Å². The molecule has 0 aromatic heterocycles. The van der Waals surface area contributed by atoms with Crippen molar-refractivity contribution in [2.75, 3.05) is 22.5 Å². The first kappa shape index (κ1) is 20.2. The van der Waals surface area contributed by atoms with Crippen LogP contribution in [-0.4, -0.2) is 29.9 Å². The molecule has 0 bridgehead atoms. The molecule has 0 radical (unpaired) electrons. The summed E-state index contributed by atoms with van der Waals surface area (Å²) in [6, 6.07) is 13.4. The lowest BCUT2D eigenvalue weighted by Crippen LogP contribution is -2.40. The largest absolute Gasteiger partial charge is 0.448 e. The molecule has 2 aromatic rings. The predicted octanol–water partition coefficient (Wildman–Crippen LogP) is 4.98. The average Bonchev–Trinajstić information content (AvgIpc) is 3.14. The van der Waals surface area contributed by atoms with Gasteiger partial charge in [0.25, 0.3) is 5.79 Å². The molecule has 2 aromatic carbocycles. The number of carbonyl (C=O) groups is 2. The van der Waals surface area contributed by atoms with Crippen LogP contribution in [0.5, 0.6) is 11.5 Å². The molecule has 1 aliphatic carbocycles. The molecule has 31 heavy (non-hydrogen) atoms. The smallest absolute Gasteiger partial charge is 0.251 e. The summed E-state index contributed by atoms with van der Waals surface area (Å²) in [4.78, 5) is 28.1. The first-order valence-electron chi connectivity index (χ1n) is 11.0. The highest BCUT2D eigenvalue weighted by Gasteiger charge is 2.42. The maximum absolute atomic E-state index is 12.7. The van der Waals surface area contributed by atoms with Crippen LogP contribution in [0.15, 0.2) is 47.4 Å². The molecule has 7 heteroatoms. The van der Waals surface area contributed by atoms with E-state index in [9.17, 15) is 9.59 Å². The van der Waals surface area contributed by atoms with Crippen LogP contribution in [-0.2, 0) is 9.59 Å². The molecule has 1 spiro atoms. The van der Waals surface area contributed by atoms with Gasteiger partial charge in [0.15, 0.2) is 11.5 Å². The summed E-state index contributed by atoms with van der Waals surface area (Å²) in [6.45, 7) is 0.673. The Morgan fingerprint density at radius 2 is 1.81 bits per heavy atom. The van der Waals surface area contributed by atoms with E-state index in [1.54, 1.807) is 16.7 Å². The minimum absolute atomic E-state index is 0.0205. The van der Waals surface area contributed by atoms with E-state index in [0.717, 1.165) is 47.8 Å². The van der Waals surface area contributed by atoms with Crippen molar-refractivity contribution in [3.8, 4) is 11.5 Å². The number of hydrogen-bond acceptors (Lipinski definition) is 5. The van der Waals surface area contributed by atoms with Gasteiger partial charge in [-0.15, -0.1) is 11.8 Å². The molecule has 0 atom stereocenters. The highest BCUT2D eigenvalue weighted by molar-refractivity contribution is 7.99. The van der Waals surface area contributed by atoms with E-state index in [-0.39, 0.29) is 24.7 Å². The fraction of sp³-hybridized carbons (Fsp3) is 0.417. The molecule has 0 unspecified atom stereocenters. The Kier molecular flexibility index (Phi) is 5.52. The first-order valence-corrected chi connectivity index (χ1v) is 11.9. The van der Waals surface area contributed by atoms with Crippen molar-refractivity contribution in [3.63, 3.8) is 0 Å². The summed E-state index contributed by atoms with van der Waals surface area (Å²) in [7, 11) is 0. The van der Waals surface area contributed by atoms with Crippen molar-refractivity contribution >= 4 is 35.0 Å². The Bertz CT molecular complexity index is 1000. The molecule has 1 N–H and O–H groups in total. The summed E-state index contributed by atoms with van der Waals surface area (Å²) in [5, 5.41) is 2.89. The van der Waals surface area contributed by atoms with Crippen LogP contribution in [0.1, 0.15) is 44.9 Å². The van der Waals surface area contributed by atoms with Gasteiger partial charge in [-0.2, -0.15) is 0 Å². The fourth-order valence-electron chi connectivity index (χ4n) is 4.47. The number of rotatable bonds is 4. The van der Waals surface area contributed by atoms with Crippen LogP contribution in [0.4, 0.5) is 11.4 Å². The third-order valence-corrected chi connectivity index (χ3v) is 7.07. The van der Waals surface area contributed by atoms with E-state index in [1.807, 2.05) is 42.5 Å². The maximum Gasteiger partial charge on any atom is 0.251 e. The molecule has 1 saturated carbocycles. The van der Waals surface area contributed by atoms with Gasteiger partial charge in [0.2, 0.25) is 11.8 Å². The van der Waals surface area contributed by atoms with E-state index >= 15 is 0 Å². The van der Waals surface area contributed by atoms with Crippen LogP contribution in [0.25, 0.3) is 0 Å². The first-order chi connectivity index (χ1) is 15.1. The molecule has 0 saturated heterocycles. The number of carbonyl (C=O) groups excluding carboxylic acids is 2. The molecule has 6 nitrogen and oxygen atoms in total. The van der Waals surface area contributed by atoms with Crippen molar-refractivity contribution in [2.24, 2.45) is 0 Å². The molecule has 162 valence electrons. The van der Waals surface area contributed by atoms with Gasteiger partial charge in [-0.25, -0.2) is 0 Å². The average molecular weight is 439 g/mol. The Labute approximate surface area is 186 Å². The van der Waals surface area contributed by atoms with E-state index in [4.69, 9.17) is 9.47 Å². The van der Waals surface area contributed by atoms with E-state index in [0.29, 0.717) is 18.0 Å². The van der Waals surface area contributed by atoms with Gasteiger partial charge in [-0.05, 0) is 37.1 Å². The molecular weight excluding hydrogens is 412 g/mol. The zero-order valence-electron chi connectivity index (χ0n) is 17.4. The van der Waals surface area contributed by atoms with Crippen LogP contribution < -0.4 is 19.7 Å². The normalized spacial score (nSPS) is 18.5. The molecular formula is C24H26N2O4S. The molecule has 2 heterocycles. The monoisotopic (exact) mass is 438 g/mol. The van der Waals surface area contributed by atoms with Crippen molar-refractivity contribution in [2.45, 2.75) is 55.6 Å². The number of amides is 2. The highest BCUT2D eigenvalue weighted by atomic mass is 32.2. The van der Waals surface area contributed by atoms with Gasteiger partial charge in [0.1, 0.15) is 0 Å². The second-order valence-electron chi connectivity index (χ2n) is 8.25. The van der Waals surface area contributed by atoms with Gasteiger partial charge in [0.05, 0.1) is 5.69 Å². The third kappa shape index (κ3) is 4.24. The zero-order chi connectivity index (χ0) is 21.3. The number of fused-ring (bicyclic) bond motifs is 2. The standard InChI is InChI=1S/C24H26N2O4S/c27-22(10-11-23(28)26-14-15-31-21-7-3-2-6-18(21)26)25-17-8-9-19-20(16-17)30-24(29-19)12-4-1-5-13-24/h2-3,6-9,16H,1,4-5,10-15H2,(H,25,27). The number of anilines is 2. The minimum Gasteiger partial charge on any atom is -0.448 e. The zero-order valence-corrected chi connectivity index (χ0v) is 18.2. The Morgan fingerprint density at radius 1 is 1.00 bits per heavy atom. The number of para-hydroxylation sites is 1. The molecule has 1 fully saturated rings. The summed E-state index contributed by atoms with van der Waals surface area (Å²) in [6.07, 6.45) is 5.53. The van der Waals surface area contributed by atoms with Crippen LogP contribution in [0, 0.1) is 0 Å². The van der Waals surface area contributed by atoms with Crippen LogP contribution in [0.2, 0.25) is 0 Å². The summed E-state index contributed by atoms with van der Waals surface area (Å²) >= 11 is 1.76. The maximum atomic E-state index is 12.7. The van der Waals surface area contributed by atoms with Crippen molar-refractivity contribution in [1.29, 1.82) is 0 Å². The molecule has 3 aliphatic rings. The number of thioether (sulfide) groups is 1. The van der Waals surface area contributed by atoms with Crippen LogP contribution in [0.3, 0.4) is 0 Å². The Balaban J connectivity index is 1.17. The topological polar surface area (TPSA) is 67.9 Å².